The predicted octanol–water partition coefficient (Wildman–Crippen LogP) is 3.03. The van der Waals surface area contributed by atoms with Gasteiger partial charge in [-0.2, -0.15) is 0 Å². The number of rotatable bonds is 5. The Labute approximate surface area is 120 Å². The molecule has 1 aromatic heterocycles. The Morgan fingerprint density at radius 1 is 1.10 bits per heavy atom. The van der Waals surface area contributed by atoms with E-state index >= 15 is 0 Å². The summed E-state index contributed by atoms with van der Waals surface area (Å²) in [5, 5.41) is 3.30. The van der Waals surface area contributed by atoms with Gasteiger partial charge in [0.1, 0.15) is 0 Å². The number of nitrogens with zero attached hydrogens (tertiary/aromatic N) is 1. The zero-order valence-corrected chi connectivity index (χ0v) is 12.4. The van der Waals surface area contributed by atoms with Crippen LogP contribution in [0.15, 0.2) is 47.3 Å². The Bertz CT molecular complexity index is 615. The molecule has 0 saturated carbocycles. The monoisotopic (exact) mass is 270 g/mol. The first-order valence-corrected chi connectivity index (χ1v) is 7.15. The van der Waals surface area contributed by atoms with Crippen molar-refractivity contribution in [3.63, 3.8) is 0 Å². The summed E-state index contributed by atoms with van der Waals surface area (Å²) in [6.45, 7) is 7.46. The minimum atomic E-state index is 0.0991. The Morgan fingerprint density at radius 2 is 1.80 bits per heavy atom. The largest absolute Gasteiger partial charge is 0.310 e. The van der Waals surface area contributed by atoms with Gasteiger partial charge >= 0.3 is 0 Å². The van der Waals surface area contributed by atoms with E-state index in [1.54, 1.807) is 0 Å². The summed E-state index contributed by atoms with van der Waals surface area (Å²) in [5.74, 6) is 0. The van der Waals surface area contributed by atoms with E-state index in [1.807, 2.05) is 54.0 Å². The SMILES string of the molecule is CCn1c(-c2ccccc2)ccc(CNC(C)C)c1=O. The van der Waals surface area contributed by atoms with Crippen molar-refractivity contribution in [3.05, 3.63) is 58.4 Å². The van der Waals surface area contributed by atoms with Crippen molar-refractivity contribution in [2.45, 2.75) is 39.9 Å². The van der Waals surface area contributed by atoms with Crippen molar-refractivity contribution in [2.75, 3.05) is 0 Å². The molecule has 0 aliphatic carbocycles. The minimum Gasteiger partial charge on any atom is -0.310 e. The Morgan fingerprint density at radius 3 is 2.40 bits per heavy atom. The van der Waals surface area contributed by atoms with Gasteiger partial charge in [0.05, 0.1) is 5.69 Å². The van der Waals surface area contributed by atoms with Crippen LogP contribution in [0.25, 0.3) is 11.3 Å². The third-order valence-electron chi connectivity index (χ3n) is 3.34. The Hall–Kier alpha value is -1.87. The first kappa shape index (κ1) is 14.5. The zero-order valence-electron chi connectivity index (χ0n) is 12.4. The van der Waals surface area contributed by atoms with Gasteiger partial charge in [-0.05, 0) is 18.6 Å². The van der Waals surface area contributed by atoms with Gasteiger partial charge in [-0.1, -0.05) is 50.2 Å². The van der Waals surface area contributed by atoms with Crippen molar-refractivity contribution >= 4 is 0 Å². The summed E-state index contributed by atoms with van der Waals surface area (Å²) < 4.78 is 1.84. The lowest BCUT2D eigenvalue weighted by Crippen LogP contribution is -2.30. The lowest BCUT2D eigenvalue weighted by atomic mass is 10.1. The van der Waals surface area contributed by atoms with Crippen molar-refractivity contribution < 1.29 is 0 Å². The summed E-state index contributed by atoms with van der Waals surface area (Å²) in [6.07, 6.45) is 0. The molecule has 106 valence electrons. The highest BCUT2D eigenvalue weighted by atomic mass is 16.1. The maximum atomic E-state index is 12.5. The molecule has 0 aliphatic heterocycles. The number of hydrogen-bond acceptors (Lipinski definition) is 2. The van der Waals surface area contributed by atoms with Crippen LogP contribution >= 0.6 is 0 Å². The first-order valence-electron chi connectivity index (χ1n) is 7.15. The van der Waals surface area contributed by atoms with Gasteiger partial charge in [0.25, 0.3) is 5.56 Å². The quantitative estimate of drug-likeness (QED) is 0.906. The van der Waals surface area contributed by atoms with Crippen LogP contribution in [0.1, 0.15) is 26.3 Å². The third kappa shape index (κ3) is 3.17. The maximum absolute atomic E-state index is 12.5. The lowest BCUT2D eigenvalue weighted by Gasteiger charge is -2.14. The predicted molar refractivity (Wildman–Crippen MR) is 83.8 cm³/mol. The van der Waals surface area contributed by atoms with Gasteiger partial charge in [0.2, 0.25) is 0 Å². The molecule has 0 atom stereocenters. The van der Waals surface area contributed by atoms with Crippen LogP contribution in [0.5, 0.6) is 0 Å². The molecule has 0 spiro atoms. The van der Waals surface area contributed by atoms with Crippen LogP contribution in [-0.2, 0) is 13.1 Å². The summed E-state index contributed by atoms with van der Waals surface area (Å²) in [5.41, 5.74) is 2.98. The smallest absolute Gasteiger partial charge is 0.255 e. The van der Waals surface area contributed by atoms with E-state index in [9.17, 15) is 4.79 Å². The standard InChI is InChI=1S/C17H22N2O/c1-4-19-16(14-8-6-5-7-9-14)11-10-15(17(19)20)12-18-13(2)3/h5-11,13,18H,4,12H2,1-3H3. The average molecular weight is 270 g/mol. The summed E-state index contributed by atoms with van der Waals surface area (Å²) in [6, 6.07) is 14.4. The van der Waals surface area contributed by atoms with Crippen molar-refractivity contribution in [1.29, 1.82) is 0 Å². The van der Waals surface area contributed by atoms with Gasteiger partial charge < -0.3 is 9.88 Å². The second-order valence-electron chi connectivity index (χ2n) is 5.19. The molecule has 2 aromatic rings. The van der Waals surface area contributed by atoms with Crippen LogP contribution in [0.2, 0.25) is 0 Å². The van der Waals surface area contributed by atoms with E-state index in [0.29, 0.717) is 19.1 Å². The van der Waals surface area contributed by atoms with Crippen LogP contribution in [0.3, 0.4) is 0 Å². The van der Waals surface area contributed by atoms with Gasteiger partial charge in [-0.15, -0.1) is 0 Å². The van der Waals surface area contributed by atoms with Gasteiger partial charge in [-0.3, -0.25) is 4.79 Å². The summed E-state index contributed by atoms with van der Waals surface area (Å²) >= 11 is 0. The minimum absolute atomic E-state index is 0.0991. The maximum Gasteiger partial charge on any atom is 0.255 e. The molecule has 20 heavy (non-hydrogen) atoms. The fourth-order valence-electron chi connectivity index (χ4n) is 2.25. The van der Waals surface area contributed by atoms with E-state index < -0.39 is 0 Å². The molecule has 0 radical (unpaired) electrons. The molecule has 1 heterocycles. The van der Waals surface area contributed by atoms with Crippen molar-refractivity contribution in [1.82, 2.24) is 9.88 Å². The first-order chi connectivity index (χ1) is 9.63. The number of nitrogens with one attached hydrogen (secondary N) is 1. The topological polar surface area (TPSA) is 34.0 Å². The fraction of sp³-hybridized carbons (Fsp3) is 0.353. The van der Waals surface area contributed by atoms with Gasteiger partial charge in [0, 0.05) is 24.7 Å². The summed E-state index contributed by atoms with van der Waals surface area (Å²) in [7, 11) is 0. The van der Waals surface area contributed by atoms with E-state index in [1.165, 1.54) is 0 Å². The number of benzene rings is 1. The number of aromatic nitrogens is 1. The molecule has 1 aromatic carbocycles. The van der Waals surface area contributed by atoms with E-state index in [0.717, 1.165) is 16.8 Å². The molecular weight excluding hydrogens is 248 g/mol. The molecule has 0 bridgehead atoms. The number of hydrogen-bond donors (Lipinski definition) is 1. The zero-order chi connectivity index (χ0) is 14.5. The molecule has 0 aliphatic rings. The molecule has 3 heteroatoms. The van der Waals surface area contributed by atoms with Crippen LogP contribution in [-0.4, -0.2) is 10.6 Å². The van der Waals surface area contributed by atoms with Crippen LogP contribution in [0, 0.1) is 0 Å². The molecule has 1 N–H and O–H groups in total. The molecule has 0 unspecified atom stereocenters. The molecular formula is C17H22N2O. The number of pyridine rings is 1. The second kappa shape index (κ2) is 6.53. The molecule has 0 fully saturated rings. The highest BCUT2D eigenvalue weighted by molar-refractivity contribution is 5.59. The molecule has 2 rings (SSSR count). The van der Waals surface area contributed by atoms with Crippen molar-refractivity contribution in [2.24, 2.45) is 0 Å². The van der Waals surface area contributed by atoms with Crippen LogP contribution in [0.4, 0.5) is 0 Å². The highest BCUT2D eigenvalue weighted by Crippen LogP contribution is 2.17. The van der Waals surface area contributed by atoms with Crippen LogP contribution < -0.4 is 10.9 Å². The molecule has 0 amide bonds. The highest BCUT2D eigenvalue weighted by Gasteiger charge is 2.09. The fourth-order valence-corrected chi connectivity index (χ4v) is 2.25. The Balaban J connectivity index is 2.42. The third-order valence-corrected chi connectivity index (χ3v) is 3.34. The van der Waals surface area contributed by atoms with E-state index in [2.05, 4.69) is 19.2 Å². The Kier molecular flexibility index (Phi) is 4.74. The average Bonchev–Trinajstić information content (AvgIpc) is 2.46. The normalized spacial score (nSPS) is 11.0. The molecule has 3 nitrogen and oxygen atoms in total. The van der Waals surface area contributed by atoms with Crippen molar-refractivity contribution in [3.8, 4) is 11.3 Å². The van der Waals surface area contributed by atoms with Gasteiger partial charge in [0.15, 0.2) is 0 Å². The molecule has 0 saturated heterocycles. The summed E-state index contributed by atoms with van der Waals surface area (Å²) in [4.78, 5) is 12.5. The van der Waals surface area contributed by atoms with E-state index in [4.69, 9.17) is 0 Å². The van der Waals surface area contributed by atoms with E-state index in [-0.39, 0.29) is 5.56 Å². The van der Waals surface area contributed by atoms with Gasteiger partial charge in [-0.25, -0.2) is 0 Å². The second-order valence-corrected chi connectivity index (χ2v) is 5.19. The lowest BCUT2D eigenvalue weighted by molar-refractivity contribution is 0.580.